The van der Waals surface area contributed by atoms with E-state index in [0.29, 0.717) is 12.1 Å². The summed E-state index contributed by atoms with van der Waals surface area (Å²) in [4.78, 5) is 13.5. The number of carbonyl (C=O) groups is 1. The van der Waals surface area contributed by atoms with Gasteiger partial charge in [-0.3, -0.25) is 4.79 Å². The number of hydrogen-bond donors (Lipinski definition) is 2. The van der Waals surface area contributed by atoms with Crippen LogP contribution in [0.2, 0.25) is 0 Å². The Kier molecular flexibility index (Phi) is 5.78. The van der Waals surface area contributed by atoms with Crippen LogP contribution in [0.4, 0.5) is 8.78 Å². The number of quaternary nitrogens is 1. The van der Waals surface area contributed by atoms with Gasteiger partial charge in [-0.15, -0.1) is 0 Å². The summed E-state index contributed by atoms with van der Waals surface area (Å²) in [6, 6.07) is 13.2. The summed E-state index contributed by atoms with van der Waals surface area (Å²) in [6.07, 6.45) is 3.11. The van der Waals surface area contributed by atoms with E-state index in [-0.39, 0.29) is 5.91 Å². The van der Waals surface area contributed by atoms with Crippen LogP contribution in [-0.2, 0) is 4.79 Å². The van der Waals surface area contributed by atoms with Crippen molar-refractivity contribution >= 4 is 11.5 Å². The molecule has 2 atom stereocenters. The van der Waals surface area contributed by atoms with Crippen molar-refractivity contribution in [2.45, 2.75) is 19.4 Å². The average Bonchev–Trinajstić information content (AvgIpc) is 2.63. The van der Waals surface area contributed by atoms with Gasteiger partial charge in [0, 0.05) is 18.1 Å². The molecule has 1 amide bonds. The number of nitrogens with one attached hydrogen (secondary N) is 2. The Morgan fingerprint density at radius 3 is 2.62 bits per heavy atom. The topological polar surface area (TPSA) is 33.5 Å². The van der Waals surface area contributed by atoms with Crippen molar-refractivity contribution in [1.82, 2.24) is 5.32 Å². The molecule has 1 heterocycles. The lowest BCUT2D eigenvalue weighted by Gasteiger charge is -2.24. The van der Waals surface area contributed by atoms with Crippen LogP contribution in [0.3, 0.4) is 0 Å². The number of benzene rings is 2. The van der Waals surface area contributed by atoms with Crippen LogP contribution in [0.5, 0.6) is 0 Å². The molecule has 0 bridgehead atoms. The van der Waals surface area contributed by atoms with Gasteiger partial charge in [-0.2, -0.15) is 0 Å². The SMILES string of the molecule is C[C@@H](NC(=O)C[NH+]1CC=C(c2ccccc2)CC1)c1ccc(F)cc1F. The highest BCUT2D eigenvalue weighted by molar-refractivity contribution is 5.77. The fourth-order valence-electron chi connectivity index (χ4n) is 3.31. The summed E-state index contributed by atoms with van der Waals surface area (Å²) in [7, 11) is 0. The van der Waals surface area contributed by atoms with E-state index in [1.165, 1.54) is 28.2 Å². The first-order chi connectivity index (χ1) is 12.5. The third kappa shape index (κ3) is 4.55. The van der Waals surface area contributed by atoms with Crippen LogP contribution in [0.1, 0.15) is 30.5 Å². The molecule has 0 aromatic heterocycles. The lowest BCUT2D eigenvalue weighted by molar-refractivity contribution is -0.886. The van der Waals surface area contributed by atoms with Crippen molar-refractivity contribution in [3.63, 3.8) is 0 Å². The maximum atomic E-state index is 13.8. The van der Waals surface area contributed by atoms with Crippen LogP contribution in [-0.4, -0.2) is 25.5 Å². The lowest BCUT2D eigenvalue weighted by Crippen LogP contribution is -3.13. The second-order valence-corrected chi connectivity index (χ2v) is 6.68. The highest BCUT2D eigenvalue weighted by Crippen LogP contribution is 2.18. The Labute approximate surface area is 152 Å². The Balaban J connectivity index is 1.53. The molecule has 5 heteroatoms. The molecule has 3 nitrogen and oxygen atoms in total. The molecular weight excluding hydrogens is 334 g/mol. The summed E-state index contributed by atoms with van der Waals surface area (Å²) >= 11 is 0. The van der Waals surface area contributed by atoms with Crippen molar-refractivity contribution in [2.24, 2.45) is 0 Å². The van der Waals surface area contributed by atoms with Crippen LogP contribution in [0.15, 0.2) is 54.6 Å². The molecule has 2 N–H and O–H groups in total. The van der Waals surface area contributed by atoms with Gasteiger partial charge in [0.25, 0.3) is 5.91 Å². The smallest absolute Gasteiger partial charge is 0.275 e. The molecule has 1 aliphatic heterocycles. The van der Waals surface area contributed by atoms with Crippen molar-refractivity contribution in [1.29, 1.82) is 0 Å². The number of hydrogen-bond acceptors (Lipinski definition) is 1. The normalized spacial score (nSPS) is 18.1. The highest BCUT2D eigenvalue weighted by Gasteiger charge is 2.21. The monoisotopic (exact) mass is 357 g/mol. The number of carbonyl (C=O) groups excluding carboxylic acids is 1. The minimum atomic E-state index is -0.640. The second kappa shape index (κ2) is 8.23. The van der Waals surface area contributed by atoms with Crippen molar-refractivity contribution in [2.75, 3.05) is 19.6 Å². The largest absolute Gasteiger partial charge is 0.345 e. The van der Waals surface area contributed by atoms with Gasteiger partial charge in [-0.1, -0.05) is 36.4 Å². The molecule has 0 radical (unpaired) electrons. The quantitative estimate of drug-likeness (QED) is 0.847. The summed E-state index contributed by atoms with van der Waals surface area (Å²) in [5.74, 6) is -1.39. The van der Waals surface area contributed by atoms with Crippen LogP contribution >= 0.6 is 0 Å². The Morgan fingerprint density at radius 1 is 1.19 bits per heavy atom. The molecule has 0 fully saturated rings. The second-order valence-electron chi connectivity index (χ2n) is 6.68. The van der Waals surface area contributed by atoms with E-state index >= 15 is 0 Å². The fourth-order valence-corrected chi connectivity index (χ4v) is 3.31. The number of rotatable bonds is 5. The molecule has 1 aliphatic rings. The van der Waals surface area contributed by atoms with Crippen LogP contribution in [0.25, 0.3) is 5.57 Å². The summed E-state index contributed by atoms with van der Waals surface area (Å²) < 4.78 is 26.8. The Bertz CT molecular complexity index is 805. The fraction of sp³-hybridized carbons (Fsp3) is 0.286. The van der Waals surface area contributed by atoms with E-state index in [1.54, 1.807) is 6.92 Å². The molecule has 0 saturated carbocycles. The van der Waals surface area contributed by atoms with E-state index in [1.807, 2.05) is 18.2 Å². The Morgan fingerprint density at radius 2 is 1.96 bits per heavy atom. The molecule has 0 spiro atoms. The standard InChI is InChI=1S/C21H22F2N2O/c1-15(19-8-7-18(22)13-20(19)23)24-21(26)14-25-11-9-17(10-12-25)16-5-3-2-4-6-16/h2-9,13,15H,10-12,14H2,1H3,(H,24,26)/p+1/t15-/m1/s1. The number of halogens is 2. The first-order valence-electron chi connectivity index (χ1n) is 8.85. The highest BCUT2D eigenvalue weighted by atomic mass is 19.1. The minimum Gasteiger partial charge on any atom is -0.345 e. The molecule has 0 aliphatic carbocycles. The van der Waals surface area contributed by atoms with Crippen LogP contribution < -0.4 is 10.2 Å². The van der Waals surface area contributed by atoms with Gasteiger partial charge in [-0.25, -0.2) is 8.78 Å². The van der Waals surface area contributed by atoms with E-state index in [4.69, 9.17) is 0 Å². The predicted octanol–water partition coefficient (Wildman–Crippen LogP) is 2.51. The molecular formula is C21H23F2N2O+. The van der Waals surface area contributed by atoms with E-state index in [2.05, 4.69) is 23.5 Å². The van der Waals surface area contributed by atoms with Crippen molar-refractivity contribution in [3.8, 4) is 0 Å². The molecule has 136 valence electrons. The maximum absolute atomic E-state index is 13.8. The van der Waals surface area contributed by atoms with Gasteiger partial charge in [0.05, 0.1) is 19.1 Å². The zero-order valence-electron chi connectivity index (χ0n) is 14.8. The molecule has 2 aromatic rings. The van der Waals surface area contributed by atoms with E-state index in [9.17, 15) is 13.6 Å². The summed E-state index contributed by atoms with van der Waals surface area (Å²) in [6.45, 7) is 3.71. The molecule has 26 heavy (non-hydrogen) atoms. The van der Waals surface area contributed by atoms with Gasteiger partial charge in [0.15, 0.2) is 6.54 Å². The van der Waals surface area contributed by atoms with E-state index in [0.717, 1.165) is 25.6 Å². The lowest BCUT2D eigenvalue weighted by atomic mass is 9.99. The number of amides is 1. The average molecular weight is 357 g/mol. The molecule has 3 rings (SSSR count). The first kappa shape index (κ1) is 18.3. The molecule has 2 aromatic carbocycles. The third-order valence-corrected chi connectivity index (χ3v) is 4.75. The van der Waals surface area contributed by atoms with Gasteiger partial charge < -0.3 is 10.2 Å². The zero-order chi connectivity index (χ0) is 18.5. The first-order valence-corrected chi connectivity index (χ1v) is 8.85. The van der Waals surface area contributed by atoms with Gasteiger partial charge in [0.2, 0.25) is 0 Å². The van der Waals surface area contributed by atoms with Gasteiger partial charge >= 0.3 is 0 Å². The predicted molar refractivity (Wildman–Crippen MR) is 97.5 cm³/mol. The van der Waals surface area contributed by atoms with Crippen LogP contribution in [0, 0.1) is 11.6 Å². The molecule has 1 unspecified atom stereocenters. The van der Waals surface area contributed by atoms with E-state index < -0.39 is 17.7 Å². The van der Waals surface area contributed by atoms with Gasteiger partial charge in [-0.05, 0) is 30.2 Å². The summed E-state index contributed by atoms with van der Waals surface area (Å²) in [5.41, 5.74) is 2.84. The minimum absolute atomic E-state index is 0.132. The third-order valence-electron chi connectivity index (χ3n) is 4.75. The van der Waals surface area contributed by atoms with Crippen molar-refractivity contribution < 1.29 is 18.5 Å². The maximum Gasteiger partial charge on any atom is 0.275 e. The molecule has 0 saturated heterocycles. The van der Waals surface area contributed by atoms with Crippen molar-refractivity contribution in [3.05, 3.63) is 77.4 Å². The van der Waals surface area contributed by atoms with Gasteiger partial charge in [0.1, 0.15) is 11.6 Å². The zero-order valence-corrected chi connectivity index (χ0v) is 14.8. The summed E-state index contributed by atoms with van der Waals surface area (Å²) in [5, 5.41) is 2.80. The Hall–Kier alpha value is -2.53.